The minimum atomic E-state index is -0.141. The van der Waals surface area contributed by atoms with E-state index < -0.39 is 0 Å². The fourth-order valence-electron chi connectivity index (χ4n) is 1.97. The van der Waals surface area contributed by atoms with Gasteiger partial charge in [0.2, 0.25) is 5.12 Å². The molecule has 0 aliphatic rings. The van der Waals surface area contributed by atoms with E-state index in [1.54, 1.807) is 18.4 Å². The Balaban J connectivity index is 2.51. The molecule has 2 rings (SSSR count). The van der Waals surface area contributed by atoms with Gasteiger partial charge in [-0.25, -0.2) is 0 Å². The van der Waals surface area contributed by atoms with Gasteiger partial charge in [0.25, 0.3) is 0 Å². The van der Waals surface area contributed by atoms with Crippen molar-refractivity contribution in [1.82, 2.24) is 0 Å². The van der Waals surface area contributed by atoms with Crippen LogP contribution in [0.1, 0.15) is 22.8 Å². The van der Waals surface area contributed by atoms with Crippen LogP contribution in [0, 0.1) is 0 Å². The predicted molar refractivity (Wildman–Crippen MR) is 78.8 cm³/mol. The number of hydrogen-bond donors (Lipinski definition) is 2. The molecule has 1 aromatic heterocycles. The highest BCUT2D eigenvalue weighted by molar-refractivity contribution is 8.16. The minimum absolute atomic E-state index is 0.141. The van der Waals surface area contributed by atoms with Gasteiger partial charge in [-0.05, 0) is 18.6 Å². The van der Waals surface area contributed by atoms with Gasteiger partial charge in [0.05, 0.1) is 12.5 Å². The van der Waals surface area contributed by atoms with E-state index in [0.29, 0.717) is 11.1 Å². The summed E-state index contributed by atoms with van der Waals surface area (Å²) >= 11 is 0.931. The Morgan fingerprint density at radius 1 is 1.53 bits per heavy atom. The highest BCUT2D eigenvalue weighted by Gasteiger charge is 2.14. The lowest BCUT2D eigenvalue weighted by molar-refractivity contribution is 0.108. The maximum atomic E-state index is 11.9. The Kier molecular flexibility index (Phi) is 4.16. The predicted octanol–water partition coefficient (Wildman–Crippen LogP) is 3.94. The molecule has 4 nitrogen and oxygen atoms in total. The van der Waals surface area contributed by atoms with Crippen LogP contribution in [0.2, 0.25) is 0 Å². The smallest absolute Gasteiger partial charge is 0.223 e. The Bertz CT molecular complexity index is 631. The number of nitrogens with one attached hydrogen (secondary N) is 1. The van der Waals surface area contributed by atoms with Crippen molar-refractivity contribution in [1.29, 1.82) is 0 Å². The summed E-state index contributed by atoms with van der Waals surface area (Å²) in [6, 6.07) is 3.54. The number of carbonyl (C=O) groups excluding carboxylic acids is 1. The van der Waals surface area contributed by atoms with E-state index in [9.17, 15) is 4.79 Å². The van der Waals surface area contributed by atoms with Gasteiger partial charge in [-0.15, -0.1) is 0 Å². The SMILES string of the molecule is CCc1coc2cc(C(=O)S/C=C/O)cc(NC)c12. The van der Waals surface area contributed by atoms with Crippen LogP contribution in [0.5, 0.6) is 0 Å². The summed E-state index contributed by atoms with van der Waals surface area (Å²) in [5, 5.41) is 13.9. The van der Waals surface area contributed by atoms with Crippen molar-refractivity contribution in [3.05, 3.63) is 41.2 Å². The lowest BCUT2D eigenvalue weighted by atomic mass is 10.1. The lowest BCUT2D eigenvalue weighted by Crippen LogP contribution is -1.96. The number of carbonyl (C=O) groups is 1. The molecule has 0 aliphatic heterocycles. The molecule has 0 bridgehead atoms. The van der Waals surface area contributed by atoms with Crippen LogP contribution in [0.15, 0.2) is 34.5 Å². The number of fused-ring (bicyclic) bond motifs is 1. The molecule has 1 heterocycles. The van der Waals surface area contributed by atoms with E-state index in [0.717, 1.165) is 41.1 Å². The molecular formula is C14H15NO3S. The van der Waals surface area contributed by atoms with Crippen LogP contribution < -0.4 is 5.32 Å². The highest BCUT2D eigenvalue weighted by Crippen LogP contribution is 2.32. The van der Waals surface area contributed by atoms with E-state index >= 15 is 0 Å². The van der Waals surface area contributed by atoms with Gasteiger partial charge in [0, 0.05) is 34.7 Å². The van der Waals surface area contributed by atoms with Crippen LogP contribution in [0.4, 0.5) is 5.69 Å². The largest absolute Gasteiger partial charge is 0.515 e. The second-order valence-electron chi connectivity index (χ2n) is 3.95. The van der Waals surface area contributed by atoms with Crippen LogP contribution >= 0.6 is 11.8 Å². The Hall–Kier alpha value is -1.88. The maximum absolute atomic E-state index is 11.9. The molecule has 1 aromatic carbocycles. The van der Waals surface area contributed by atoms with Gasteiger partial charge in [0.1, 0.15) is 5.58 Å². The summed E-state index contributed by atoms with van der Waals surface area (Å²) in [7, 11) is 1.82. The van der Waals surface area contributed by atoms with Gasteiger partial charge in [-0.2, -0.15) is 0 Å². The van der Waals surface area contributed by atoms with Crippen LogP contribution in [0.25, 0.3) is 11.0 Å². The lowest BCUT2D eigenvalue weighted by Gasteiger charge is -2.06. The second-order valence-corrected chi connectivity index (χ2v) is 4.83. The third-order valence-corrected chi connectivity index (χ3v) is 3.58. The average Bonchev–Trinajstić information content (AvgIpc) is 2.86. The summed E-state index contributed by atoms with van der Waals surface area (Å²) < 4.78 is 5.51. The average molecular weight is 277 g/mol. The topological polar surface area (TPSA) is 62.5 Å². The normalized spacial score (nSPS) is 11.3. The molecule has 19 heavy (non-hydrogen) atoms. The molecule has 0 spiro atoms. The summed E-state index contributed by atoms with van der Waals surface area (Å²) in [5.74, 6) is 0. The number of anilines is 1. The number of furan rings is 1. The zero-order valence-corrected chi connectivity index (χ0v) is 11.6. The van der Waals surface area contributed by atoms with E-state index in [-0.39, 0.29) is 5.12 Å². The van der Waals surface area contributed by atoms with E-state index in [1.807, 2.05) is 7.05 Å². The molecule has 0 amide bonds. The van der Waals surface area contributed by atoms with Crippen molar-refractivity contribution in [2.24, 2.45) is 0 Å². The van der Waals surface area contributed by atoms with E-state index in [2.05, 4.69) is 12.2 Å². The van der Waals surface area contributed by atoms with Crippen molar-refractivity contribution in [3.8, 4) is 0 Å². The molecule has 0 radical (unpaired) electrons. The number of benzene rings is 1. The molecular weight excluding hydrogens is 262 g/mol. The first kappa shape index (κ1) is 13.5. The quantitative estimate of drug-likeness (QED) is 0.829. The molecule has 100 valence electrons. The standard InChI is InChI=1S/C14H15NO3S/c1-3-9-8-18-12-7-10(14(17)19-5-4-16)6-11(15-2)13(9)12/h4-8,15-16H,3H2,1-2H3/b5-4+. The molecule has 0 fully saturated rings. The van der Waals surface area contributed by atoms with E-state index in [1.165, 1.54) is 5.41 Å². The minimum Gasteiger partial charge on any atom is -0.515 e. The molecule has 0 aliphatic carbocycles. The van der Waals surface area contributed by atoms with Crippen molar-refractivity contribution >= 4 is 33.5 Å². The molecule has 5 heteroatoms. The van der Waals surface area contributed by atoms with Crippen molar-refractivity contribution < 1.29 is 14.3 Å². The van der Waals surface area contributed by atoms with Crippen molar-refractivity contribution in [2.45, 2.75) is 13.3 Å². The summed E-state index contributed by atoms with van der Waals surface area (Å²) in [4.78, 5) is 11.9. The first-order chi connectivity index (χ1) is 9.21. The summed E-state index contributed by atoms with van der Waals surface area (Å²) in [6.45, 7) is 2.06. The summed E-state index contributed by atoms with van der Waals surface area (Å²) in [5.41, 5.74) is 3.22. The molecule has 2 N–H and O–H groups in total. The number of aliphatic hydroxyl groups is 1. The molecule has 2 aromatic rings. The third kappa shape index (κ3) is 2.61. The number of rotatable bonds is 4. The molecule has 0 saturated carbocycles. The zero-order chi connectivity index (χ0) is 13.8. The number of thioether (sulfide) groups is 1. The number of aryl methyl sites for hydroxylation is 1. The Labute approximate surface area is 115 Å². The zero-order valence-electron chi connectivity index (χ0n) is 10.8. The monoisotopic (exact) mass is 277 g/mol. The van der Waals surface area contributed by atoms with Crippen molar-refractivity contribution in [2.75, 3.05) is 12.4 Å². The molecule has 0 atom stereocenters. The molecule has 0 unspecified atom stereocenters. The Morgan fingerprint density at radius 2 is 2.32 bits per heavy atom. The fourth-order valence-corrected chi connectivity index (χ4v) is 2.41. The first-order valence-electron chi connectivity index (χ1n) is 5.93. The van der Waals surface area contributed by atoms with E-state index in [4.69, 9.17) is 9.52 Å². The molecule has 0 saturated heterocycles. The highest BCUT2D eigenvalue weighted by atomic mass is 32.2. The van der Waals surface area contributed by atoms with Gasteiger partial charge in [0.15, 0.2) is 0 Å². The van der Waals surface area contributed by atoms with Gasteiger partial charge >= 0.3 is 0 Å². The van der Waals surface area contributed by atoms with Gasteiger partial charge in [-0.1, -0.05) is 18.7 Å². The fraction of sp³-hybridized carbons (Fsp3) is 0.214. The maximum Gasteiger partial charge on any atom is 0.223 e. The Morgan fingerprint density at radius 3 is 2.95 bits per heavy atom. The van der Waals surface area contributed by atoms with Gasteiger partial charge in [-0.3, -0.25) is 4.79 Å². The first-order valence-corrected chi connectivity index (χ1v) is 6.81. The number of aliphatic hydroxyl groups excluding tert-OH is 1. The summed E-state index contributed by atoms with van der Waals surface area (Å²) in [6.07, 6.45) is 3.44. The van der Waals surface area contributed by atoms with Crippen LogP contribution in [-0.2, 0) is 6.42 Å². The number of hydrogen-bond acceptors (Lipinski definition) is 5. The van der Waals surface area contributed by atoms with Crippen LogP contribution in [-0.4, -0.2) is 17.3 Å². The van der Waals surface area contributed by atoms with Gasteiger partial charge < -0.3 is 14.8 Å². The third-order valence-electron chi connectivity index (χ3n) is 2.87. The van der Waals surface area contributed by atoms with Crippen LogP contribution in [0.3, 0.4) is 0 Å². The van der Waals surface area contributed by atoms with Crippen molar-refractivity contribution in [3.63, 3.8) is 0 Å². The second kappa shape index (κ2) is 5.84.